The number of nitrogens with one attached hydrogen (secondary N) is 2. The molecule has 17 heteroatoms. The molecular weight excluding hydrogens is 751 g/mol. The smallest absolute Gasteiger partial charge is 0.490 e. The topological polar surface area (TPSA) is 163 Å². The zero-order valence-electron chi connectivity index (χ0n) is 29.5. The molecule has 0 amide bonds. The first-order valence-electron chi connectivity index (χ1n) is 16.6. The second-order valence-electron chi connectivity index (χ2n) is 11.7. The number of H-pyrrole nitrogens is 1. The third-order valence-electron chi connectivity index (χ3n) is 7.91. The summed E-state index contributed by atoms with van der Waals surface area (Å²) in [6, 6.07) is 29.2. The number of alkyl halides is 6. The number of halogens is 7. The number of imidazole rings is 1. The lowest BCUT2D eigenvalue weighted by atomic mass is 9.98. The molecule has 6 aromatic rings. The first-order valence-corrected chi connectivity index (χ1v) is 16.6. The number of fused-ring (bicyclic) bond motifs is 1. The molecule has 0 aliphatic carbocycles. The van der Waals surface area contributed by atoms with E-state index in [1.165, 1.54) is 0 Å². The van der Waals surface area contributed by atoms with Crippen LogP contribution in [0, 0.1) is 5.82 Å². The molecule has 1 unspecified atom stereocenters. The van der Waals surface area contributed by atoms with Crippen molar-refractivity contribution >= 4 is 34.2 Å². The highest BCUT2D eigenvalue weighted by molar-refractivity contribution is 5.93. The number of nitrogen functional groups attached to an aromatic ring is 1. The van der Waals surface area contributed by atoms with Gasteiger partial charge in [-0.15, -0.1) is 0 Å². The molecule has 56 heavy (non-hydrogen) atoms. The number of aliphatic carboxylic acids is 2. The van der Waals surface area contributed by atoms with E-state index in [1.54, 1.807) is 12.3 Å². The first kappa shape index (κ1) is 42.1. The Morgan fingerprint density at radius 2 is 1.45 bits per heavy atom. The number of carboxylic acid groups (broad SMARTS) is 2. The van der Waals surface area contributed by atoms with Crippen LogP contribution in [0.25, 0.3) is 33.2 Å². The summed E-state index contributed by atoms with van der Waals surface area (Å²) in [5.41, 5.74) is 12.3. The van der Waals surface area contributed by atoms with Crippen molar-refractivity contribution < 1.29 is 55.3 Å². The summed E-state index contributed by atoms with van der Waals surface area (Å²) in [6.45, 7) is 4.26. The van der Waals surface area contributed by atoms with Crippen LogP contribution in [0.3, 0.4) is 0 Å². The second kappa shape index (κ2) is 18.1. The lowest BCUT2D eigenvalue weighted by molar-refractivity contribution is -0.193. The molecule has 0 spiro atoms. The molecular formula is C39H34F7N5O5. The Hall–Kier alpha value is -6.65. The average Bonchev–Trinajstić information content (AvgIpc) is 3.65. The van der Waals surface area contributed by atoms with Gasteiger partial charge >= 0.3 is 24.3 Å². The fraction of sp³-hybridized carbons (Fsp3) is 0.179. The van der Waals surface area contributed by atoms with Crippen molar-refractivity contribution in [2.45, 2.75) is 38.7 Å². The van der Waals surface area contributed by atoms with E-state index in [0.717, 1.165) is 50.8 Å². The van der Waals surface area contributed by atoms with Gasteiger partial charge < -0.3 is 31.0 Å². The second-order valence-corrected chi connectivity index (χ2v) is 11.7. The monoisotopic (exact) mass is 785 g/mol. The van der Waals surface area contributed by atoms with Crippen molar-refractivity contribution in [2.24, 2.45) is 0 Å². The van der Waals surface area contributed by atoms with Gasteiger partial charge in [-0.2, -0.15) is 26.3 Å². The number of anilines is 2. The molecule has 0 fully saturated rings. The zero-order valence-corrected chi connectivity index (χ0v) is 29.5. The molecule has 2 heterocycles. The van der Waals surface area contributed by atoms with E-state index in [9.17, 15) is 26.3 Å². The number of hydrogen-bond donors (Lipinski definition) is 5. The van der Waals surface area contributed by atoms with Gasteiger partial charge in [0, 0.05) is 28.4 Å². The number of nitrogens with zero attached hydrogens (tertiary/aromatic N) is 2. The van der Waals surface area contributed by atoms with Crippen LogP contribution in [0.4, 0.5) is 42.2 Å². The molecule has 0 saturated heterocycles. The van der Waals surface area contributed by atoms with Gasteiger partial charge in [-0.3, -0.25) is 0 Å². The summed E-state index contributed by atoms with van der Waals surface area (Å²) in [5, 5.41) is 19.6. The number of rotatable bonds is 9. The van der Waals surface area contributed by atoms with Crippen molar-refractivity contribution in [2.75, 3.05) is 17.7 Å². The molecule has 6 N–H and O–H groups in total. The standard InChI is InChI=1S/C35H32FN5O.2C2HF3O2/c1-3-22-18-29(32(36)31(19-22)42-4-2)33(40-25-14-15-27-24(20-25)16-17-38-34(27)37)35-39-21-30(41-35)28-13-9-8-12-26(28)23-10-6-5-7-11-23;2*3-2(4,5)1(6)7/h5-21,33,40H,3-4H2,1-2H3,(H2,37,38)(H,39,41);2*(H,6,7). The average molecular weight is 786 g/mol. The van der Waals surface area contributed by atoms with Crippen LogP contribution in [0.2, 0.25) is 0 Å². The quantitative estimate of drug-likeness (QED) is 0.0899. The van der Waals surface area contributed by atoms with Gasteiger partial charge in [0.15, 0.2) is 11.6 Å². The van der Waals surface area contributed by atoms with Gasteiger partial charge in [-0.25, -0.2) is 23.9 Å². The van der Waals surface area contributed by atoms with Crippen molar-refractivity contribution in [1.29, 1.82) is 0 Å². The normalized spacial score (nSPS) is 11.7. The lowest BCUT2D eigenvalue weighted by Crippen LogP contribution is -2.21. The van der Waals surface area contributed by atoms with Gasteiger partial charge in [0.25, 0.3) is 0 Å². The van der Waals surface area contributed by atoms with E-state index in [2.05, 4.69) is 39.6 Å². The third kappa shape index (κ3) is 10.7. The largest absolute Gasteiger partial charge is 0.491 e. The van der Waals surface area contributed by atoms with E-state index in [4.69, 9.17) is 35.3 Å². The number of benzene rings is 4. The Morgan fingerprint density at radius 1 is 0.839 bits per heavy atom. The Kier molecular flexibility index (Phi) is 13.6. The predicted molar refractivity (Wildman–Crippen MR) is 195 cm³/mol. The minimum absolute atomic E-state index is 0.234. The highest BCUT2D eigenvalue weighted by atomic mass is 19.4. The van der Waals surface area contributed by atoms with Gasteiger partial charge in [0.1, 0.15) is 17.7 Å². The molecule has 6 rings (SSSR count). The number of pyridine rings is 1. The minimum Gasteiger partial charge on any atom is -0.491 e. The van der Waals surface area contributed by atoms with Crippen LogP contribution >= 0.6 is 0 Å². The van der Waals surface area contributed by atoms with E-state index < -0.39 is 36.2 Å². The van der Waals surface area contributed by atoms with Crippen LogP contribution < -0.4 is 15.8 Å². The van der Waals surface area contributed by atoms with Gasteiger partial charge in [-0.05, 0) is 65.8 Å². The fourth-order valence-corrected chi connectivity index (χ4v) is 5.31. The van der Waals surface area contributed by atoms with Crippen LogP contribution in [-0.2, 0) is 16.0 Å². The van der Waals surface area contributed by atoms with Gasteiger partial charge in [-0.1, -0.05) is 67.6 Å². The van der Waals surface area contributed by atoms with Crippen molar-refractivity contribution in [3.63, 3.8) is 0 Å². The first-order chi connectivity index (χ1) is 26.4. The number of aromatic nitrogens is 3. The van der Waals surface area contributed by atoms with Crippen LogP contribution in [0.5, 0.6) is 5.75 Å². The number of aromatic amines is 1. The molecule has 1 atom stereocenters. The number of ether oxygens (including phenoxy) is 1. The van der Waals surface area contributed by atoms with E-state index in [-0.39, 0.29) is 5.75 Å². The summed E-state index contributed by atoms with van der Waals surface area (Å²) >= 11 is 0. The summed E-state index contributed by atoms with van der Waals surface area (Å²) in [7, 11) is 0. The van der Waals surface area contributed by atoms with Gasteiger partial charge in [0.2, 0.25) is 0 Å². The highest BCUT2D eigenvalue weighted by Crippen LogP contribution is 2.36. The predicted octanol–water partition coefficient (Wildman–Crippen LogP) is 9.44. The maximum Gasteiger partial charge on any atom is 0.490 e. The number of hydrogen-bond acceptors (Lipinski definition) is 7. The maximum atomic E-state index is 16.1. The van der Waals surface area contributed by atoms with E-state index in [0.29, 0.717) is 23.8 Å². The van der Waals surface area contributed by atoms with E-state index in [1.807, 2.05) is 80.7 Å². The molecule has 4 aromatic carbocycles. The minimum atomic E-state index is -5.08. The van der Waals surface area contributed by atoms with Crippen molar-refractivity contribution in [3.8, 4) is 28.1 Å². The Labute approximate surface area is 314 Å². The summed E-state index contributed by atoms with van der Waals surface area (Å²) < 4.78 is 85.3. The van der Waals surface area contributed by atoms with Gasteiger partial charge in [0.05, 0.1) is 18.5 Å². The van der Waals surface area contributed by atoms with Crippen LogP contribution in [-0.4, -0.2) is 56.1 Å². The van der Waals surface area contributed by atoms with Crippen molar-refractivity contribution in [3.05, 3.63) is 126 Å². The van der Waals surface area contributed by atoms with E-state index >= 15 is 4.39 Å². The Morgan fingerprint density at radius 3 is 2.04 bits per heavy atom. The SMILES string of the molecule is CCOc1cc(CC)cc(C(Nc2ccc3c(N)nccc3c2)c2ncc(-c3ccccc3-c3ccccc3)[nH]2)c1F.O=C(O)C(F)(F)F.O=C(O)C(F)(F)F. The van der Waals surface area contributed by atoms with Crippen LogP contribution in [0.15, 0.2) is 103 Å². The molecule has 0 saturated carbocycles. The number of carbonyl (C=O) groups is 2. The van der Waals surface area contributed by atoms with Crippen LogP contribution in [0.1, 0.15) is 36.8 Å². The van der Waals surface area contributed by atoms with Crippen molar-refractivity contribution in [1.82, 2.24) is 15.0 Å². The maximum absolute atomic E-state index is 16.1. The molecule has 0 aliphatic rings. The molecule has 2 aromatic heterocycles. The number of aryl methyl sites for hydroxylation is 1. The zero-order chi connectivity index (χ0) is 41.2. The molecule has 0 radical (unpaired) electrons. The third-order valence-corrected chi connectivity index (χ3v) is 7.91. The highest BCUT2D eigenvalue weighted by Gasteiger charge is 2.39. The number of nitrogens with two attached hydrogens (primary N) is 1. The summed E-state index contributed by atoms with van der Waals surface area (Å²) in [4.78, 5) is 30.3. The molecule has 10 nitrogen and oxygen atoms in total. The fourth-order valence-electron chi connectivity index (χ4n) is 5.31. The molecule has 0 bridgehead atoms. The Balaban J connectivity index is 0.000000425. The summed E-state index contributed by atoms with van der Waals surface area (Å²) in [6.07, 6.45) is -5.94. The summed E-state index contributed by atoms with van der Waals surface area (Å²) in [5.74, 6) is -4.65. The molecule has 0 aliphatic heterocycles. The Bertz CT molecular complexity index is 2260. The number of carboxylic acids is 2. The lowest BCUT2D eigenvalue weighted by Gasteiger charge is -2.22. The molecule has 294 valence electrons.